The van der Waals surface area contributed by atoms with E-state index < -0.39 is 18.3 Å². The van der Waals surface area contributed by atoms with Gasteiger partial charge in [0, 0.05) is 44.8 Å². The first-order valence-electron chi connectivity index (χ1n) is 13.9. The minimum Gasteiger partial charge on any atom is -0.447 e. The van der Waals surface area contributed by atoms with E-state index in [0.29, 0.717) is 26.1 Å². The molecule has 5 fully saturated rings. The topological polar surface area (TPSA) is 138 Å². The molecule has 0 aromatic heterocycles. The van der Waals surface area contributed by atoms with E-state index in [1.54, 1.807) is 0 Å². The molecule has 10 nitrogen and oxygen atoms in total. The van der Waals surface area contributed by atoms with E-state index in [1.165, 1.54) is 0 Å². The molecular weight excluding hydrogens is 465 g/mol. The van der Waals surface area contributed by atoms with Crippen LogP contribution in [0.1, 0.15) is 51.4 Å². The van der Waals surface area contributed by atoms with Crippen LogP contribution in [-0.4, -0.2) is 104 Å². The molecule has 4 aliphatic heterocycles. The molecule has 4 heterocycles. The maximum absolute atomic E-state index is 14.6. The molecule has 1 spiro atoms. The van der Waals surface area contributed by atoms with Crippen LogP contribution < -0.4 is 27.4 Å². The molecule has 36 heavy (non-hydrogen) atoms. The molecule has 0 radical (unpaired) electrons. The van der Waals surface area contributed by atoms with Gasteiger partial charge in [0.05, 0.1) is 24.2 Å². The van der Waals surface area contributed by atoms with Crippen molar-refractivity contribution in [3.63, 3.8) is 0 Å². The van der Waals surface area contributed by atoms with E-state index in [1.807, 2.05) is 4.90 Å². The normalized spacial score (nSPS) is 36.3. The minimum absolute atomic E-state index is 0.0677. The van der Waals surface area contributed by atoms with Gasteiger partial charge in [0.25, 0.3) is 0 Å². The molecule has 4 saturated heterocycles. The lowest BCUT2D eigenvalue weighted by Gasteiger charge is -2.46. The Hall–Kier alpha value is -1.53. The fourth-order valence-corrected chi connectivity index (χ4v) is 7.47. The molecule has 5 rings (SSSR count). The monoisotopic (exact) mass is 509 g/mol. The molecule has 5 aliphatic rings. The first kappa shape index (κ1) is 26.1. The fraction of sp³-hybridized carbons (Fsp3) is 0.920. The van der Waals surface area contributed by atoms with Crippen LogP contribution in [0.2, 0.25) is 0 Å². The number of piperidine rings is 1. The zero-order chi connectivity index (χ0) is 25.3. The standard InChI is InChI=1S/C25H44FN7O3/c26-16-3-7-25(5-1-2-6-25)11-18(30-12-16)21(22(27)28)23(34)31-19-13-29-8-4-20(19)32-9-10-33-17(14-32)15-36-24(33)35/h16-22,29-30H,1-15,27-28H2,(H,31,34). The maximum atomic E-state index is 14.6. The highest BCUT2D eigenvalue weighted by Crippen LogP contribution is 2.47. The summed E-state index contributed by atoms with van der Waals surface area (Å²) in [6.45, 7) is 4.34. The number of fused-ring (bicyclic) bond motifs is 1. The number of alkyl halides is 1. The molecule has 1 aliphatic carbocycles. The van der Waals surface area contributed by atoms with Crippen LogP contribution in [0.25, 0.3) is 0 Å². The number of hydrogen-bond donors (Lipinski definition) is 5. The Morgan fingerprint density at radius 1 is 1.17 bits per heavy atom. The lowest BCUT2D eigenvalue weighted by atomic mass is 9.72. The van der Waals surface area contributed by atoms with Crippen molar-refractivity contribution in [2.75, 3.05) is 45.9 Å². The van der Waals surface area contributed by atoms with Crippen molar-refractivity contribution < 1.29 is 18.7 Å². The number of piperazine rings is 1. The number of hydrogen-bond acceptors (Lipinski definition) is 8. The molecule has 0 bridgehead atoms. The second-order valence-electron chi connectivity index (χ2n) is 11.8. The van der Waals surface area contributed by atoms with Crippen molar-refractivity contribution in [1.29, 1.82) is 0 Å². The molecule has 0 aromatic carbocycles. The summed E-state index contributed by atoms with van der Waals surface area (Å²) >= 11 is 0. The lowest BCUT2D eigenvalue weighted by Crippen LogP contribution is -2.66. The summed E-state index contributed by atoms with van der Waals surface area (Å²) in [5.41, 5.74) is 12.6. The van der Waals surface area contributed by atoms with E-state index in [4.69, 9.17) is 16.2 Å². The Morgan fingerprint density at radius 3 is 2.75 bits per heavy atom. The van der Waals surface area contributed by atoms with Gasteiger partial charge in [0.15, 0.2) is 0 Å². The Morgan fingerprint density at radius 2 is 1.97 bits per heavy atom. The zero-order valence-corrected chi connectivity index (χ0v) is 21.3. The average Bonchev–Trinajstić information content (AvgIpc) is 3.47. The summed E-state index contributed by atoms with van der Waals surface area (Å²) < 4.78 is 19.8. The fourth-order valence-electron chi connectivity index (χ4n) is 7.47. The van der Waals surface area contributed by atoms with Crippen LogP contribution in [-0.2, 0) is 9.53 Å². The van der Waals surface area contributed by atoms with Crippen molar-refractivity contribution in [3.8, 4) is 0 Å². The number of rotatable bonds is 5. The van der Waals surface area contributed by atoms with Gasteiger partial charge in [-0.25, -0.2) is 9.18 Å². The Kier molecular flexibility index (Phi) is 8.02. The van der Waals surface area contributed by atoms with Crippen molar-refractivity contribution >= 4 is 12.0 Å². The quantitative estimate of drug-likeness (QED) is 0.323. The van der Waals surface area contributed by atoms with Gasteiger partial charge >= 0.3 is 6.09 Å². The summed E-state index contributed by atoms with van der Waals surface area (Å²) in [6.07, 6.45) is 5.67. The van der Waals surface area contributed by atoms with Crippen LogP contribution in [0.4, 0.5) is 9.18 Å². The Bertz CT molecular complexity index is 796. The third-order valence-electron chi connectivity index (χ3n) is 9.45. The Balaban J connectivity index is 1.28. The number of amides is 2. The van der Waals surface area contributed by atoms with Crippen molar-refractivity contribution in [1.82, 2.24) is 25.8 Å². The molecule has 0 aromatic rings. The third kappa shape index (κ3) is 5.50. The van der Waals surface area contributed by atoms with Gasteiger partial charge in [0.1, 0.15) is 12.8 Å². The number of ether oxygens (including phenoxy) is 1. The smallest absolute Gasteiger partial charge is 0.410 e. The Labute approximate surface area is 213 Å². The first-order chi connectivity index (χ1) is 17.3. The van der Waals surface area contributed by atoms with Gasteiger partial charge in [-0.05, 0) is 50.5 Å². The molecule has 6 atom stereocenters. The summed E-state index contributed by atoms with van der Waals surface area (Å²) in [7, 11) is 0. The van der Waals surface area contributed by atoms with Gasteiger partial charge in [0.2, 0.25) is 5.91 Å². The van der Waals surface area contributed by atoms with E-state index in [9.17, 15) is 14.0 Å². The molecule has 7 N–H and O–H groups in total. The number of halogens is 1. The van der Waals surface area contributed by atoms with Crippen LogP contribution >= 0.6 is 0 Å². The first-order valence-corrected chi connectivity index (χ1v) is 13.9. The second-order valence-corrected chi connectivity index (χ2v) is 11.8. The second kappa shape index (κ2) is 11.1. The lowest BCUT2D eigenvalue weighted by molar-refractivity contribution is -0.128. The predicted octanol–water partition coefficient (Wildman–Crippen LogP) is -0.130. The van der Waals surface area contributed by atoms with E-state index in [0.717, 1.165) is 64.6 Å². The zero-order valence-electron chi connectivity index (χ0n) is 21.3. The van der Waals surface area contributed by atoms with E-state index >= 15 is 0 Å². The van der Waals surface area contributed by atoms with Crippen molar-refractivity contribution in [2.24, 2.45) is 22.8 Å². The van der Waals surface area contributed by atoms with Crippen LogP contribution in [0.5, 0.6) is 0 Å². The van der Waals surface area contributed by atoms with Gasteiger partial charge in [-0.2, -0.15) is 0 Å². The number of cyclic esters (lactones) is 1. The van der Waals surface area contributed by atoms with Crippen molar-refractivity contribution in [2.45, 2.75) is 87.9 Å². The molecule has 11 heteroatoms. The number of nitrogens with zero attached hydrogens (tertiary/aromatic N) is 2. The number of carbonyl (C=O) groups is 2. The number of nitrogens with two attached hydrogens (primary N) is 2. The van der Waals surface area contributed by atoms with Crippen LogP contribution in [0.3, 0.4) is 0 Å². The molecule has 2 amide bonds. The predicted molar refractivity (Wildman–Crippen MR) is 134 cm³/mol. The molecule has 6 unspecified atom stereocenters. The highest BCUT2D eigenvalue weighted by atomic mass is 19.1. The van der Waals surface area contributed by atoms with Gasteiger partial charge in [-0.1, -0.05) is 12.8 Å². The molecule has 204 valence electrons. The van der Waals surface area contributed by atoms with E-state index in [-0.39, 0.29) is 48.1 Å². The largest absolute Gasteiger partial charge is 0.447 e. The highest BCUT2D eigenvalue weighted by molar-refractivity contribution is 5.80. The van der Waals surface area contributed by atoms with Gasteiger partial charge in [-0.15, -0.1) is 0 Å². The number of nitrogens with one attached hydrogen (secondary N) is 3. The third-order valence-corrected chi connectivity index (χ3v) is 9.45. The van der Waals surface area contributed by atoms with Crippen LogP contribution in [0.15, 0.2) is 0 Å². The molecule has 1 saturated carbocycles. The highest BCUT2D eigenvalue weighted by Gasteiger charge is 2.45. The summed E-state index contributed by atoms with van der Waals surface area (Å²) in [5.74, 6) is -0.781. The summed E-state index contributed by atoms with van der Waals surface area (Å²) in [6, 6.07) is -0.121. The number of carbonyl (C=O) groups excluding carboxylic acids is 2. The molecular formula is C25H44FN7O3. The van der Waals surface area contributed by atoms with Crippen LogP contribution in [0, 0.1) is 11.3 Å². The van der Waals surface area contributed by atoms with Gasteiger partial charge in [-0.3, -0.25) is 14.6 Å². The van der Waals surface area contributed by atoms with Gasteiger partial charge < -0.3 is 32.2 Å². The minimum atomic E-state index is -0.917. The maximum Gasteiger partial charge on any atom is 0.410 e. The average molecular weight is 510 g/mol. The van der Waals surface area contributed by atoms with Crippen molar-refractivity contribution in [3.05, 3.63) is 0 Å². The van der Waals surface area contributed by atoms with E-state index in [2.05, 4.69) is 20.9 Å². The summed E-state index contributed by atoms with van der Waals surface area (Å²) in [5, 5.41) is 10.1. The summed E-state index contributed by atoms with van der Waals surface area (Å²) in [4.78, 5) is 29.9. The SMILES string of the molecule is NC(N)C(C(=O)NC1CNCCC1N1CCN2C(=O)OCC2C1)C1CC2(CCCC2)CCC(F)CN1.